The summed E-state index contributed by atoms with van der Waals surface area (Å²) in [6, 6.07) is 18.8. The van der Waals surface area contributed by atoms with E-state index >= 15 is 0 Å². The smallest absolute Gasteiger partial charge is 0.253 e. The molecule has 1 amide bonds. The van der Waals surface area contributed by atoms with Crippen molar-refractivity contribution in [2.24, 2.45) is 0 Å². The molecule has 0 N–H and O–H groups in total. The molecule has 0 fully saturated rings. The average Bonchev–Trinajstić information content (AvgIpc) is 2.63. The topological polar surface area (TPSA) is 23.6 Å². The van der Waals surface area contributed by atoms with Gasteiger partial charge in [-0.25, -0.2) is 0 Å². The normalized spacial score (nSPS) is 10.8. The van der Waals surface area contributed by atoms with Gasteiger partial charge in [-0.1, -0.05) is 30.3 Å². The molecule has 0 aliphatic heterocycles. The Morgan fingerprint density at radius 3 is 2.20 bits per heavy atom. The summed E-state index contributed by atoms with van der Waals surface area (Å²) in [4.78, 5) is 16.7. The zero-order valence-electron chi connectivity index (χ0n) is 15.9. The molecule has 0 unspecified atom stereocenters. The maximum absolute atomic E-state index is 12.6. The molecule has 0 saturated heterocycles. The number of rotatable bonds is 8. The minimum atomic E-state index is 0.0900. The molecule has 2 aromatic rings. The molecule has 0 spiro atoms. The Bertz CT molecular complexity index is 649. The van der Waals surface area contributed by atoms with Gasteiger partial charge in [-0.3, -0.25) is 4.79 Å². The number of amides is 1. The van der Waals surface area contributed by atoms with Crippen LogP contribution in [0.4, 0.5) is 5.69 Å². The lowest BCUT2D eigenvalue weighted by Crippen LogP contribution is -2.30. The maximum atomic E-state index is 12.6. The first-order valence-electron chi connectivity index (χ1n) is 9.19. The van der Waals surface area contributed by atoms with Crippen molar-refractivity contribution in [3.8, 4) is 0 Å². The third-order valence-corrected chi connectivity index (χ3v) is 4.56. The lowest BCUT2D eigenvalue weighted by atomic mass is 10.1. The number of hydrogen-bond acceptors (Lipinski definition) is 2. The number of anilines is 1. The van der Waals surface area contributed by atoms with Crippen LogP contribution >= 0.6 is 0 Å². The van der Waals surface area contributed by atoms with Crippen LogP contribution in [0, 0.1) is 0 Å². The molecule has 25 heavy (non-hydrogen) atoms. The van der Waals surface area contributed by atoms with Gasteiger partial charge >= 0.3 is 0 Å². The van der Waals surface area contributed by atoms with Gasteiger partial charge in [0.2, 0.25) is 0 Å². The Balaban J connectivity index is 1.90. The highest BCUT2D eigenvalue weighted by Gasteiger charge is 2.13. The fraction of sp³-hybridized carbons (Fsp3) is 0.409. The van der Waals surface area contributed by atoms with Gasteiger partial charge in [-0.15, -0.1) is 0 Å². The summed E-state index contributed by atoms with van der Waals surface area (Å²) in [6.07, 6.45) is 1.97. The molecule has 134 valence electrons. The molecule has 0 aliphatic carbocycles. The summed E-state index contributed by atoms with van der Waals surface area (Å²) < 4.78 is 0. The molecule has 0 aliphatic rings. The van der Waals surface area contributed by atoms with E-state index in [-0.39, 0.29) is 5.91 Å². The monoisotopic (exact) mass is 338 g/mol. The van der Waals surface area contributed by atoms with Gasteiger partial charge in [-0.05, 0) is 63.4 Å². The van der Waals surface area contributed by atoms with Crippen LogP contribution in [0.3, 0.4) is 0 Å². The Kier molecular flexibility index (Phi) is 7.05. The van der Waals surface area contributed by atoms with Gasteiger partial charge in [-0.2, -0.15) is 0 Å². The molecule has 3 nitrogen and oxygen atoms in total. The predicted molar refractivity (Wildman–Crippen MR) is 106 cm³/mol. The van der Waals surface area contributed by atoms with Crippen molar-refractivity contribution in [2.45, 2.75) is 39.7 Å². The van der Waals surface area contributed by atoms with Gasteiger partial charge in [0.25, 0.3) is 5.91 Å². The Morgan fingerprint density at radius 1 is 1.00 bits per heavy atom. The first-order chi connectivity index (χ1) is 12.0. The van der Waals surface area contributed by atoms with Crippen LogP contribution in [-0.2, 0) is 6.42 Å². The van der Waals surface area contributed by atoms with Crippen molar-refractivity contribution in [1.29, 1.82) is 0 Å². The first kappa shape index (κ1) is 19.0. The fourth-order valence-corrected chi connectivity index (χ4v) is 3.13. The second kappa shape index (κ2) is 9.26. The van der Waals surface area contributed by atoms with Crippen LogP contribution in [0.1, 0.15) is 43.1 Å². The summed E-state index contributed by atoms with van der Waals surface area (Å²) >= 11 is 0. The Morgan fingerprint density at radius 2 is 1.64 bits per heavy atom. The summed E-state index contributed by atoms with van der Waals surface area (Å²) in [6.45, 7) is 8.25. The van der Waals surface area contributed by atoms with Crippen LogP contribution in [-0.4, -0.2) is 37.0 Å². The minimum absolute atomic E-state index is 0.0900. The highest BCUT2D eigenvalue weighted by Crippen LogP contribution is 2.18. The Hall–Kier alpha value is -2.29. The molecule has 0 heterocycles. The van der Waals surface area contributed by atoms with E-state index in [9.17, 15) is 4.79 Å². The summed E-state index contributed by atoms with van der Waals surface area (Å²) in [5.41, 5.74) is 3.24. The zero-order chi connectivity index (χ0) is 18.2. The molecule has 2 rings (SSSR count). The quantitative estimate of drug-likeness (QED) is 0.701. The van der Waals surface area contributed by atoms with Crippen LogP contribution in [0.25, 0.3) is 0 Å². The van der Waals surface area contributed by atoms with E-state index in [0.29, 0.717) is 6.04 Å². The van der Waals surface area contributed by atoms with E-state index in [1.165, 1.54) is 11.3 Å². The number of carbonyl (C=O) groups is 1. The van der Waals surface area contributed by atoms with Gasteiger partial charge in [0.05, 0.1) is 0 Å². The number of benzene rings is 2. The van der Waals surface area contributed by atoms with E-state index in [2.05, 4.69) is 62.1 Å². The maximum Gasteiger partial charge on any atom is 0.253 e. The highest BCUT2D eigenvalue weighted by molar-refractivity contribution is 5.94. The van der Waals surface area contributed by atoms with Crippen molar-refractivity contribution < 1.29 is 4.79 Å². The van der Waals surface area contributed by atoms with Crippen molar-refractivity contribution in [3.05, 3.63) is 65.7 Å². The summed E-state index contributed by atoms with van der Waals surface area (Å²) in [7, 11) is 1.88. The van der Waals surface area contributed by atoms with E-state index in [0.717, 1.165) is 31.5 Å². The third-order valence-electron chi connectivity index (χ3n) is 4.56. The van der Waals surface area contributed by atoms with E-state index < -0.39 is 0 Å². The van der Waals surface area contributed by atoms with Crippen molar-refractivity contribution >= 4 is 11.6 Å². The summed E-state index contributed by atoms with van der Waals surface area (Å²) in [5.74, 6) is 0.0900. The van der Waals surface area contributed by atoms with Crippen LogP contribution in [0.5, 0.6) is 0 Å². The second-order valence-corrected chi connectivity index (χ2v) is 6.74. The lowest BCUT2D eigenvalue weighted by molar-refractivity contribution is 0.0793. The van der Waals surface area contributed by atoms with Gasteiger partial charge in [0.15, 0.2) is 0 Å². The summed E-state index contributed by atoms with van der Waals surface area (Å²) in [5, 5.41) is 0. The van der Waals surface area contributed by atoms with Crippen molar-refractivity contribution in [2.75, 3.05) is 25.0 Å². The third kappa shape index (κ3) is 5.35. The molecular weight excluding hydrogens is 308 g/mol. The molecular formula is C22H30N2O. The molecule has 0 aromatic heterocycles. The zero-order valence-corrected chi connectivity index (χ0v) is 15.9. The van der Waals surface area contributed by atoms with Gasteiger partial charge in [0, 0.05) is 37.4 Å². The lowest BCUT2D eigenvalue weighted by Gasteiger charge is -2.27. The van der Waals surface area contributed by atoms with E-state index in [1.807, 2.05) is 30.1 Å². The number of aryl methyl sites for hydroxylation is 1. The van der Waals surface area contributed by atoms with Crippen molar-refractivity contribution in [1.82, 2.24) is 4.90 Å². The molecule has 0 bridgehead atoms. The SMILES string of the molecule is CCN(c1ccc(C(=O)N(C)CCCc2ccccc2)cc1)C(C)C. The minimum Gasteiger partial charge on any atom is -0.369 e. The number of carbonyl (C=O) groups excluding carboxylic acids is 1. The average molecular weight is 338 g/mol. The van der Waals surface area contributed by atoms with Gasteiger partial charge in [0.1, 0.15) is 0 Å². The molecule has 0 radical (unpaired) electrons. The first-order valence-corrected chi connectivity index (χ1v) is 9.19. The van der Waals surface area contributed by atoms with Crippen LogP contribution in [0.15, 0.2) is 54.6 Å². The largest absolute Gasteiger partial charge is 0.369 e. The fourth-order valence-electron chi connectivity index (χ4n) is 3.13. The van der Waals surface area contributed by atoms with Crippen LogP contribution in [0.2, 0.25) is 0 Å². The number of nitrogens with zero attached hydrogens (tertiary/aromatic N) is 2. The second-order valence-electron chi connectivity index (χ2n) is 6.74. The predicted octanol–water partition coefficient (Wildman–Crippen LogP) is 4.63. The van der Waals surface area contributed by atoms with Crippen LogP contribution < -0.4 is 4.90 Å². The molecule has 0 saturated carbocycles. The van der Waals surface area contributed by atoms with Crippen molar-refractivity contribution in [3.63, 3.8) is 0 Å². The number of hydrogen-bond donors (Lipinski definition) is 0. The highest BCUT2D eigenvalue weighted by atomic mass is 16.2. The van der Waals surface area contributed by atoms with Gasteiger partial charge < -0.3 is 9.80 Å². The molecule has 3 heteroatoms. The molecule has 0 atom stereocenters. The van der Waals surface area contributed by atoms with E-state index in [1.54, 1.807) is 0 Å². The standard InChI is InChI=1S/C22H30N2O/c1-5-24(18(2)3)21-15-13-20(14-16-21)22(25)23(4)17-9-12-19-10-7-6-8-11-19/h6-8,10-11,13-16,18H,5,9,12,17H2,1-4H3. The van der Waals surface area contributed by atoms with E-state index in [4.69, 9.17) is 0 Å². The molecule has 2 aromatic carbocycles. The Labute approximate surface area is 152 Å².